The van der Waals surface area contributed by atoms with Crippen LogP contribution in [0.4, 0.5) is 0 Å². The molecule has 0 saturated carbocycles. The number of benzene rings is 1. The van der Waals surface area contributed by atoms with E-state index in [0.717, 1.165) is 45.2 Å². The molecule has 1 aliphatic heterocycles. The maximum absolute atomic E-state index is 13.8. The van der Waals surface area contributed by atoms with Gasteiger partial charge in [0, 0.05) is 19.6 Å². The van der Waals surface area contributed by atoms with Gasteiger partial charge in [0.2, 0.25) is 17.7 Å². The maximum atomic E-state index is 13.8. The van der Waals surface area contributed by atoms with Crippen LogP contribution in [0.5, 0.6) is 0 Å². The molecular formula is C28H45N5O3. The Bertz CT molecular complexity index is 905. The SMILES string of the molecule is CCCCN1CCN(C(=O)[C@@H](NC(=O)[C@H](C)NC)C(C)C)[C@H](C(=O)NC2CCCc3ccccc32)C1. The second-order valence-electron chi connectivity index (χ2n) is 10.6. The first-order valence-corrected chi connectivity index (χ1v) is 13.6. The van der Waals surface area contributed by atoms with Crippen molar-refractivity contribution in [2.75, 3.05) is 33.2 Å². The van der Waals surface area contributed by atoms with E-state index in [4.69, 9.17) is 0 Å². The summed E-state index contributed by atoms with van der Waals surface area (Å²) in [6.07, 6.45) is 5.10. The van der Waals surface area contributed by atoms with Gasteiger partial charge in [0.25, 0.3) is 0 Å². The fourth-order valence-corrected chi connectivity index (χ4v) is 5.19. The largest absolute Gasteiger partial charge is 0.347 e. The molecule has 3 amide bonds. The molecule has 1 heterocycles. The summed E-state index contributed by atoms with van der Waals surface area (Å²) in [5.74, 6) is -0.604. The van der Waals surface area contributed by atoms with Gasteiger partial charge in [-0.05, 0) is 63.2 Å². The summed E-state index contributed by atoms with van der Waals surface area (Å²) >= 11 is 0. The molecule has 1 unspecified atom stereocenters. The summed E-state index contributed by atoms with van der Waals surface area (Å²) in [6.45, 7) is 10.4. The van der Waals surface area contributed by atoms with Crippen LogP contribution in [0.2, 0.25) is 0 Å². The lowest BCUT2D eigenvalue weighted by Gasteiger charge is -2.43. The van der Waals surface area contributed by atoms with E-state index >= 15 is 0 Å². The van der Waals surface area contributed by atoms with E-state index in [9.17, 15) is 14.4 Å². The average Bonchev–Trinajstić information content (AvgIpc) is 2.89. The fraction of sp³-hybridized carbons (Fsp3) is 0.679. The topological polar surface area (TPSA) is 93.8 Å². The zero-order valence-electron chi connectivity index (χ0n) is 22.7. The van der Waals surface area contributed by atoms with Gasteiger partial charge in [-0.25, -0.2) is 0 Å². The van der Waals surface area contributed by atoms with Gasteiger partial charge in [0.1, 0.15) is 12.1 Å². The molecule has 1 fully saturated rings. The number of hydrogen-bond donors (Lipinski definition) is 3. The molecule has 1 aromatic carbocycles. The van der Waals surface area contributed by atoms with Crippen LogP contribution in [-0.2, 0) is 20.8 Å². The maximum Gasteiger partial charge on any atom is 0.246 e. The first-order chi connectivity index (χ1) is 17.3. The highest BCUT2D eigenvalue weighted by molar-refractivity contribution is 5.93. The minimum absolute atomic E-state index is 0.0394. The summed E-state index contributed by atoms with van der Waals surface area (Å²) in [4.78, 5) is 44.2. The predicted octanol–water partition coefficient (Wildman–Crippen LogP) is 2.24. The van der Waals surface area contributed by atoms with Crippen LogP contribution in [0.15, 0.2) is 24.3 Å². The lowest BCUT2D eigenvalue weighted by atomic mass is 9.87. The summed E-state index contributed by atoms with van der Waals surface area (Å²) in [5, 5.41) is 9.14. The Morgan fingerprint density at radius 1 is 1.11 bits per heavy atom. The van der Waals surface area contributed by atoms with Crippen molar-refractivity contribution in [1.29, 1.82) is 0 Å². The summed E-state index contributed by atoms with van der Waals surface area (Å²) in [5.41, 5.74) is 2.47. The number of hydrogen-bond acceptors (Lipinski definition) is 5. The molecule has 1 saturated heterocycles. The van der Waals surface area contributed by atoms with Crippen molar-refractivity contribution in [3.8, 4) is 0 Å². The molecule has 3 N–H and O–H groups in total. The number of fused-ring (bicyclic) bond motifs is 1. The highest BCUT2D eigenvalue weighted by Crippen LogP contribution is 2.30. The third-order valence-electron chi connectivity index (χ3n) is 7.62. The Morgan fingerprint density at radius 3 is 2.56 bits per heavy atom. The van der Waals surface area contributed by atoms with Crippen LogP contribution in [0.1, 0.15) is 70.5 Å². The van der Waals surface area contributed by atoms with Crippen molar-refractivity contribution in [2.24, 2.45) is 5.92 Å². The zero-order chi connectivity index (χ0) is 26.2. The molecule has 0 aromatic heterocycles. The Morgan fingerprint density at radius 2 is 1.86 bits per heavy atom. The van der Waals surface area contributed by atoms with Gasteiger partial charge in [-0.1, -0.05) is 51.5 Å². The molecular weight excluding hydrogens is 454 g/mol. The minimum atomic E-state index is -0.679. The molecule has 36 heavy (non-hydrogen) atoms. The van der Waals surface area contributed by atoms with Gasteiger partial charge in [0.15, 0.2) is 0 Å². The van der Waals surface area contributed by atoms with Crippen molar-refractivity contribution in [3.63, 3.8) is 0 Å². The van der Waals surface area contributed by atoms with Gasteiger partial charge in [-0.15, -0.1) is 0 Å². The van der Waals surface area contributed by atoms with Crippen molar-refractivity contribution < 1.29 is 14.4 Å². The molecule has 2 aliphatic rings. The third-order valence-corrected chi connectivity index (χ3v) is 7.62. The number of carbonyl (C=O) groups is 3. The molecule has 4 atom stereocenters. The van der Waals surface area contributed by atoms with Crippen LogP contribution in [0.3, 0.4) is 0 Å². The predicted molar refractivity (Wildman–Crippen MR) is 142 cm³/mol. The van der Waals surface area contributed by atoms with Gasteiger partial charge >= 0.3 is 0 Å². The molecule has 8 nitrogen and oxygen atoms in total. The lowest BCUT2D eigenvalue weighted by Crippen LogP contribution is -2.65. The van der Waals surface area contributed by atoms with Crippen LogP contribution in [-0.4, -0.2) is 78.9 Å². The molecule has 1 aliphatic carbocycles. The Hall–Kier alpha value is -2.45. The minimum Gasteiger partial charge on any atom is -0.347 e. The van der Waals surface area contributed by atoms with Gasteiger partial charge < -0.3 is 20.9 Å². The zero-order valence-corrected chi connectivity index (χ0v) is 22.7. The van der Waals surface area contributed by atoms with Crippen LogP contribution >= 0.6 is 0 Å². The van der Waals surface area contributed by atoms with E-state index in [-0.39, 0.29) is 29.7 Å². The van der Waals surface area contributed by atoms with E-state index in [1.54, 1.807) is 18.9 Å². The molecule has 3 rings (SSSR count). The molecule has 0 spiro atoms. The van der Waals surface area contributed by atoms with E-state index in [0.29, 0.717) is 13.1 Å². The second-order valence-corrected chi connectivity index (χ2v) is 10.6. The Balaban J connectivity index is 1.81. The van der Waals surface area contributed by atoms with Crippen LogP contribution in [0.25, 0.3) is 0 Å². The van der Waals surface area contributed by atoms with Crippen molar-refractivity contribution >= 4 is 17.7 Å². The number of likely N-dealkylation sites (N-methyl/N-ethyl adjacent to an activating group) is 1. The van der Waals surface area contributed by atoms with Gasteiger partial charge in [0.05, 0.1) is 12.1 Å². The number of rotatable bonds is 10. The molecule has 0 radical (unpaired) electrons. The quantitative estimate of drug-likeness (QED) is 0.459. The third kappa shape index (κ3) is 6.85. The highest BCUT2D eigenvalue weighted by Gasteiger charge is 2.40. The normalized spacial score (nSPS) is 22.0. The monoisotopic (exact) mass is 499 g/mol. The number of amides is 3. The smallest absolute Gasteiger partial charge is 0.246 e. The van der Waals surface area contributed by atoms with E-state index in [1.807, 2.05) is 26.0 Å². The van der Waals surface area contributed by atoms with E-state index in [2.05, 4.69) is 39.9 Å². The van der Waals surface area contributed by atoms with E-state index < -0.39 is 18.1 Å². The molecule has 0 bridgehead atoms. The Kier molecular flexibility index (Phi) is 10.3. The first-order valence-electron chi connectivity index (χ1n) is 13.6. The number of nitrogens with one attached hydrogen (secondary N) is 3. The standard InChI is InChI=1S/C28H45N5O3/c1-6-7-15-32-16-17-33(28(36)25(19(2)3)31-26(34)20(4)29-5)24(18-32)27(35)30-23-14-10-12-21-11-8-9-13-22(21)23/h8-9,11,13,19-20,23-25,29H,6-7,10,12,14-18H2,1-5H3,(H,30,35)(H,31,34)/t20-,23?,24-,25-/m0/s1. The van der Waals surface area contributed by atoms with E-state index in [1.165, 1.54) is 11.1 Å². The van der Waals surface area contributed by atoms with Crippen molar-refractivity contribution in [2.45, 2.75) is 84.0 Å². The van der Waals surface area contributed by atoms with Crippen LogP contribution in [0, 0.1) is 5.92 Å². The highest BCUT2D eigenvalue weighted by atomic mass is 16.2. The summed E-state index contributed by atoms with van der Waals surface area (Å²) < 4.78 is 0. The average molecular weight is 500 g/mol. The van der Waals surface area contributed by atoms with Crippen LogP contribution < -0.4 is 16.0 Å². The van der Waals surface area contributed by atoms with Crippen molar-refractivity contribution in [3.05, 3.63) is 35.4 Å². The molecule has 200 valence electrons. The van der Waals surface area contributed by atoms with Crippen molar-refractivity contribution in [1.82, 2.24) is 25.8 Å². The number of carbonyl (C=O) groups excluding carboxylic acids is 3. The summed E-state index contributed by atoms with van der Waals surface area (Å²) in [7, 11) is 1.72. The van der Waals surface area contributed by atoms with Gasteiger partial charge in [-0.2, -0.15) is 0 Å². The number of unbranched alkanes of at least 4 members (excludes halogenated alkanes) is 1. The van der Waals surface area contributed by atoms with Gasteiger partial charge in [-0.3, -0.25) is 19.3 Å². The molecule has 1 aromatic rings. The molecule has 8 heteroatoms. The number of aryl methyl sites for hydroxylation is 1. The second kappa shape index (κ2) is 13.2. The fourth-order valence-electron chi connectivity index (χ4n) is 5.19. The number of nitrogens with zero attached hydrogens (tertiary/aromatic N) is 2. The Labute approximate surface area is 216 Å². The lowest BCUT2D eigenvalue weighted by molar-refractivity contribution is -0.148. The summed E-state index contributed by atoms with van der Waals surface area (Å²) in [6, 6.07) is 6.60. The first kappa shape index (κ1) is 28.1. The number of piperazine rings is 1.